The van der Waals surface area contributed by atoms with Gasteiger partial charge in [0.25, 0.3) is 0 Å². The average Bonchev–Trinajstić information content (AvgIpc) is 2.62. The van der Waals surface area contributed by atoms with Crippen molar-refractivity contribution in [2.24, 2.45) is 0 Å². The van der Waals surface area contributed by atoms with Gasteiger partial charge in [0.05, 0.1) is 16.4 Å². The van der Waals surface area contributed by atoms with E-state index in [9.17, 15) is 0 Å². The highest BCUT2D eigenvalue weighted by molar-refractivity contribution is 9.10. The molecule has 0 radical (unpaired) electrons. The molecular weight excluding hydrogens is 264 g/mol. The van der Waals surface area contributed by atoms with Crippen LogP contribution in [0.4, 0.5) is 0 Å². The van der Waals surface area contributed by atoms with E-state index >= 15 is 0 Å². The Balaban J connectivity index is 2.54. The molecule has 0 saturated heterocycles. The molecule has 0 aliphatic heterocycles. The molecule has 0 aliphatic rings. The van der Waals surface area contributed by atoms with Crippen molar-refractivity contribution < 1.29 is 0 Å². The molecule has 0 saturated carbocycles. The van der Waals surface area contributed by atoms with Crippen molar-refractivity contribution in [2.45, 2.75) is 26.8 Å². The third-order valence-electron chi connectivity index (χ3n) is 2.56. The van der Waals surface area contributed by atoms with E-state index in [0.717, 1.165) is 10.2 Å². The molecule has 0 atom stereocenters. The van der Waals surface area contributed by atoms with E-state index in [4.69, 9.17) is 0 Å². The van der Waals surface area contributed by atoms with Gasteiger partial charge >= 0.3 is 0 Å². The van der Waals surface area contributed by atoms with Crippen LogP contribution in [0.15, 0.2) is 34.9 Å². The molecule has 1 heterocycles. The third-order valence-corrected chi connectivity index (χ3v) is 3.15. The van der Waals surface area contributed by atoms with E-state index in [1.165, 1.54) is 11.1 Å². The van der Waals surface area contributed by atoms with E-state index < -0.39 is 0 Å². The molecule has 0 bridgehead atoms. The van der Waals surface area contributed by atoms with Gasteiger partial charge in [-0.2, -0.15) is 5.10 Å². The lowest BCUT2D eigenvalue weighted by atomic mass is 10.1. The second kappa shape index (κ2) is 4.42. The fourth-order valence-electron chi connectivity index (χ4n) is 1.71. The predicted octanol–water partition coefficient (Wildman–Crippen LogP) is 4.20. The van der Waals surface area contributed by atoms with E-state index in [2.05, 4.69) is 66.1 Å². The maximum absolute atomic E-state index is 4.38. The summed E-state index contributed by atoms with van der Waals surface area (Å²) in [5.74, 6) is 0. The molecule has 2 nitrogen and oxygen atoms in total. The number of rotatable bonds is 2. The Morgan fingerprint density at radius 3 is 2.38 bits per heavy atom. The van der Waals surface area contributed by atoms with Crippen molar-refractivity contribution in [2.75, 3.05) is 0 Å². The predicted molar refractivity (Wildman–Crippen MR) is 70.5 cm³/mol. The second-order valence-corrected chi connectivity index (χ2v) is 5.10. The molecule has 1 aromatic carbocycles. The topological polar surface area (TPSA) is 17.8 Å². The van der Waals surface area contributed by atoms with Crippen molar-refractivity contribution in [3.8, 4) is 11.3 Å². The van der Waals surface area contributed by atoms with Crippen LogP contribution < -0.4 is 0 Å². The molecule has 3 heteroatoms. The van der Waals surface area contributed by atoms with Crippen LogP contribution in [0.1, 0.15) is 25.5 Å². The van der Waals surface area contributed by atoms with Gasteiger partial charge < -0.3 is 0 Å². The lowest BCUT2D eigenvalue weighted by molar-refractivity contribution is 0.538. The Hall–Kier alpha value is -1.09. The Labute approximate surface area is 104 Å². The lowest BCUT2D eigenvalue weighted by Gasteiger charge is -2.11. The first-order valence-electron chi connectivity index (χ1n) is 5.39. The third kappa shape index (κ3) is 2.05. The maximum atomic E-state index is 4.38. The quantitative estimate of drug-likeness (QED) is 0.805. The molecule has 0 aliphatic carbocycles. The van der Waals surface area contributed by atoms with E-state index in [1.807, 2.05) is 10.9 Å². The summed E-state index contributed by atoms with van der Waals surface area (Å²) >= 11 is 3.56. The molecule has 0 N–H and O–H groups in total. The van der Waals surface area contributed by atoms with Crippen LogP contribution in [0.2, 0.25) is 0 Å². The summed E-state index contributed by atoms with van der Waals surface area (Å²) in [6.45, 7) is 6.37. The minimum absolute atomic E-state index is 0.364. The smallest absolute Gasteiger partial charge is 0.0827 e. The van der Waals surface area contributed by atoms with Crippen LogP contribution in [0.3, 0.4) is 0 Å². The first-order valence-corrected chi connectivity index (χ1v) is 6.19. The van der Waals surface area contributed by atoms with Crippen LogP contribution in [0.5, 0.6) is 0 Å². The second-order valence-electron chi connectivity index (χ2n) is 4.25. The summed E-state index contributed by atoms with van der Waals surface area (Å²) in [4.78, 5) is 0. The van der Waals surface area contributed by atoms with Crippen LogP contribution in [-0.2, 0) is 0 Å². The number of aryl methyl sites for hydroxylation is 1. The summed E-state index contributed by atoms with van der Waals surface area (Å²) in [6, 6.07) is 8.88. The van der Waals surface area contributed by atoms with Crippen molar-refractivity contribution in [1.82, 2.24) is 9.78 Å². The highest BCUT2D eigenvalue weighted by atomic mass is 79.9. The SMILES string of the molecule is Cc1ccc(-c2c(Br)cnn2C(C)C)cc1. The monoisotopic (exact) mass is 278 g/mol. The summed E-state index contributed by atoms with van der Waals surface area (Å²) < 4.78 is 3.08. The van der Waals surface area contributed by atoms with Crippen molar-refractivity contribution in [3.05, 3.63) is 40.5 Å². The van der Waals surface area contributed by atoms with Gasteiger partial charge in [0.15, 0.2) is 0 Å². The minimum atomic E-state index is 0.364. The van der Waals surface area contributed by atoms with Gasteiger partial charge in [0.1, 0.15) is 0 Å². The number of hydrogen-bond donors (Lipinski definition) is 0. The molecule has 0 spiro atoms. The van der Waals surface area contributed by atoms with Gasteiger partial charge in [-0.1, -0.05) is 29.8 Å². The summed E-state index contributed by atoms with van der Waals surface area (Å²) in [5, 5.41) is 4.38. The zero-order valence-corrected chi connectivity index (χ0v) is 11.3. The summed E-state index contributed by atoms with van der Waals surface area (Å²) in [6.07, 6.45) is 1.86. The molecule has 0 amide bonds. The van der Waals surface area contributed by atoms with E-state index in [-0.39, 0.29) is 0 Å². The Morgan fingerprint density at radius 2 is 1.81 bits per heavy atom. The standard InChI is InChI=1S/C13H15BrN2/c1-9(2)16-13(12(14)8-15-16)11-6-4-10(3)5-7-11/h4-9H,1-3H3. The largest absolute Gasteiger partial charge is 0.261 e. The molecule has 1 aromatic heterocycles. The van der Waals surface area contributed by atoms with E-state index in [0.29, 0.717) is 6.04 Å². The molecule has 16 heavy (non-hydrogen) atoms. The normalized spacial score (nSPS) is 11.1. The summed E-state index contributed by atoms with van der Waals surface area (Å²) in [7, 11) is 0. The Morgan fingerprint density at radius 1 is 1.19 bits per heavy atom. The van der Waals surface area contributed by atoms with E-state index in [1.54, 1.807) is 0 Å². The Kier molecular flexibility index (Phi) is 3.15. The van der Waals surface area contributed by atoms with Crippen LogP contribution in [0.25, 0.3) is 11.3 Å². The van der Waals surface area contributed by atoms with Crippen molar-refractivity contribution in [3.63, 3.8) is 0 Å². The fraction of sp³-hybridized carbons (Fsp3) is 0.308. The highest BCUT2D eigenvalue weighted by Crippen LogP contribution is 2.30. The van der Waals surface area contributed by atoms with Crippen molar-refractivity contribution >= 4 is 15.9 Å². The lowest BCUT2D eigenvalue weighted by Crippen LogP contribution is -2.04. The first kappa shape index (κ1) is 11.4. The molecule has 2 aromatic rings. The van der Waals surface area contributed by atoms with Gasteiger partial charge in [0.2, 0.25) is 0 Å². The highest BCUT2D eigenvalue weighted by Gasteiger charge is 2.12. The first-order chi connectivity index (χ1) is 7.59. The number of hydrogen-bond acceptors (Lipinski definition) is 1. The van der Waals surface area contributed by atoms with Crippen LogP contribution in [-0.4, -0.2) is 9.78 Å². The molecule has 0 unspecified atom stereocenters. The number of aromatic nitrogens is 2. The zero-order valence-electron chi connectivity index (χ0n) is 9.74. The summed E-state index contributed by atoms with van der Waals surface area (Å²) in [5.41, 5.74) is 3.62. The number of benzene rings is 1. The Bertz CT molecular complexity index is 483. The molecular formula is C13H15BrN2. The average molecular weight is 279 g/mol. The maximum Gasteiger partial charge on any atom is 0.0827 e. The van der Waals surface area contributed by atoms with Crippen molar-refractivity contribution in [1.29, 1.82) is 0 Å². The number of nitrogens with zero attached hydrogens (tertiary/aromatic N) is 2. The molecule has 0 fully saturated rings. The van der Waals surface area contributed by atoms with Crippen LogP contribution >= 0.6 is 15.9 Å². The van der Waals surface area contributed by atoms with Gasteiger partial charge in [-0.25, -0.2) is 0 Å². The van der Waals surface area contributed by atoms with Gasteiger partial charge in [0, 0.05) is 11.6 Å². The van der Waals surface area contributed by atoms with Gasteiger partial charge in [-0.05, 0) is 36.7 Å². The fourth-order valence-corrected chi connectivity index (χ4v) is 2.22. The minimum Gasteiger partial charge on any atom is -0.261 e. The zero-order chi connectivity index (χ0) is 11.7. The molecule has 2 rings (SSSR count). The van der Waals surface area contributed by atoms with Gasteiger partial charge in [-0.3, -0.25) is 4.68 Å². The number of halogens is 1. The van der Waals surface area contributed by atoms with Gasteiger partial charge in [-0.15, -0.1) is 0 Å². The molecule has 84 valence electrons. The van der Waals surface area contributed by atoms with Crippen LogP contribution in [0, 0.1) is 6.92 Å².